The molecule has 0 aromatic heterocycles. The van der Waals surface area contributed by atoms with Crippen LogP contribution < -0.4 is 10.6 Å². The first-order valence-electron chi connectivity index (χ1n) is 9.41. The van der Waals surface area contributed by atoms with Gasteiger partial charge in [0.05, 0.1) is 6.07 Å². The van der Waals surface area contributed by atoms with Gasteiger partial charge in [0, 0.05) is 12.0 Å². The molecule has 1 fully saturated rings. The molecule has 0 bridgehead atoms. The molecule has 0 aliphatic heterocycles. The first kappa shape index (κ1) is 20.5. The van der Waals surface area contributed by atoms with Crippen molar-refractivity contribution in [3.63, 3.8) is 0 Å². The lowest BCUT2D eigenvalue weighted by molar-refractivity contribution is -0.155. The van der Waals surface area contributed by atoms with Crippen molar-refractivity contribution in [2.45, 2.75) is 37.1 Å². The summed E-state index contributed by atoms with van der Waals surface area (Å²) in [7, 11) is 0. The summed E-state index contributed by atoms with van der Waals surface area (Å²) in [4.78, 5) is 25.3. The number of hydrogen-bond donors (Lipinski definition) is 2. The monoisotopic (exact) mass is 397 g/mol. The summed E-state index contributed by atoms with van der Waals surface area (Å²) in [6, 6.07) is 17.8. The first-order chi connectivity index (χ1) is 13.9. The van der Waals surface area contributed by atoms with Gasteiger partial charge in [0.15, 0.2) is 5.54 Å². The van der Waals surface area contributed by atoms with Crippen LogP contribution in [0.2, 0.25) is 0 Å². The number of amides is 2. The van der Waals surface area contributed by atoms with Crippen molar-refractivity contribution < 1.29 is 18.4 Å². The van der Waals surface area contributed by atoms with Crippen LogP contribution in [-0.4, -0.2) is 29.8 Å². The van der Waals surface area contributed by atoms with Crippen molar-refractivity contribution in [3.8, 4) is 17.2 Å². The topological polar surface area (TPSA) is 82.0 Å². The summed E-state index contributed by atoms with van der Waals surface area (Å²) in [5.74, 6) is -5.19. The Kier molecular flexibility index (Phi) is 5.92. The first-order valence-corrected chi connectivity index (χ1v) is 9.41. The third-order valence-electron chi connectivity index (χ3n) is 5.21. The molecular formula is C22H21F2N3O2. The van der Waals surface area contributed by atoms with Gasteiger partial charge < -0.3 is 10.6 Å². The summed E-state index contributed by atoms with van der Waals surface area (Å²) in [6.45, 7) is -0.404. The summed E-state index contributed by atoms with van der Waals surface area (Å²) >= 11 is 0. The molecule has 3 rings (SSSR count). The molecule has 0 heterocycles. The van der Waals surface area contributed by atoms with Crippen LogP contribution in [0.4, 0.5) is 8.78 Å². The van der Waals surface area contributed by atoms with Gasteiger partial charge >= 0.3 is 0 Å². The molecular weight excluding hydrogens is 376 g/mol. The Morgan fingerprint density at radius 1 is 0.966 bits per heavy atom. The van der Waals surface area contributed by atoms with Crippen molar-refractivity contribution in [3.05, 3.63) is 60.2 Å². The van der Waals surface area contributed by atoms with E-state index >= 15 is 0 Å². The molecule has 0 radical (unpaired) electrons. The highest BCUT2D eigenvalue weighted by Gasteiger charge is 2.60. The summed E-state index contributed by atoms with van der Waals surface area (Å²) in [5.41, 5.74) is -0.340. The zero-order valence-electron chi connectivity index (χ0n) is 15.8. The van der Waals surface area contributed by atoms with Gasteiger partial charge in [-0.3, -0.25) is 9.59 Å². The zero-order valence-corrected chi connectivity index (χ0v) is 15.8. The number of benzene rings is 2. The van der Waals surface area contributed by atoms with Gasteiger partial charge in [-0.25, -0.2) is 8.78 Å². The van der Waals surface area contributed by atoms with Gasteiger partial charge in [0.2, 0.25) is 0 Å². The van der Waals surface area contributed by atoms with Crippen LogP contribution in [-0.2, 0) is 4.79 Å². The Balaban J connectivity index is 1.85. The second-order valence-electron chi connectivity index (χ2n) is 7.06. The van der Waals surface area contributed by atoms with Crippen LogP contribution in [0.5, 0.6) is 0 Å². The molecule has 2 aromatic carbocycles. The van der Waals surface area contributed by atoms with Gasteiger partial charge in [0.25, 0.3) is 17.7 Å². The van der Waals surface area contributed by atoms with Crippen molar-refractivity contribution >= 4 is 11.8 Å². The van der Waals surface area contributed by atoms with Gasteiger partial charge in [0.1, 0.15) is 6.54 Å². The minimum atomic E-state index is -3.41. The standard InChI is InChI=1S/C22H21F2N3O2/c23-22(24)13-5-4-12-21(22,20(29)26-15-14-25)27-19(28)18-10-8-17(9-11-18)16-6-2-1-3-7-16/h1-3,6-11H,4-5,12-13,15H2,(H,26,29)(H,27,28)/t21-/m0/s1. The molecule has 0 spiro atoms. The molecule has 1 saturated carbocycles. The van der Waals surface area contributed by atoms with Crippen LogP contribution in [0.3, 0.4) is 0 Å². The number of nitriles is 1. The van der Waals surface area contributed by atoms with E-state index in [9.17, 15) is 18.4 Å². The maximum atomic E-state index is 14.8. The van der Waals surface area contributed by atoms with Crippen molar-refractivity contribution in [2.24, 2.45) is 0 Å². The molecule has 29 heavy (non-hydrogen) atoms. The lowest BCUT2D eigenvalue weighted by atomic mass is 9.77. The molecule has 5 nitrogen and oxygen atoms in total. The summed E-state index contributed by atoms with van der Waals surface area (Å²) in [6.07, 6.45) is -0.0456. The Labute approximate surface area is 167 Å². The average Bonchev–Trinajstić information content (AvgIpc) is 2.74. The zero-order chi connectivity index (χ0) is 20.9. The van der Waals surface area contributed by atoms with E-state index in [-0.39, 0.29) is 18.4 Å². The largest absolute Gasteiger partial charge is 0.341 e. The van der Waals surface area contributed by atoms with E-state index in [2.05, 4.69) is 10.6 Å². The SMILES string of the molecule is N#CCNC(=O)[C@@]1(NC(=O)c2ccc(-c3ccccc3)cc2)CCCCC1(F)F. The van der Waals surface area contributed by atoms with Crippen LogP contribution in [0, 0.1) is 11.3 Å². The number of nitrogens with one attached hydrogen (secondary N) is 2. The lowest BCUT2D eigenvalue weighted by Crippen LogP contribution is -2.69. The predicted octanol–water partition coefficient (Wildman–Crippen LogP) is 3.67. The fourth-order valence-electron chi connectivity index (χ4n) is 3.61. The van der Waals surface area contributed by atoms with E-state index in [0.717, 1.165) is 11.1 Å². The van der Waals surface area contributed by atoms with E-state index in [1.54, 1.807) is 30.3 Å². The number of halogens is 2. The van der Waals surface area contributed by atoms with Crippen molar-refractivity contribution in [1.82, 2.24) is 10.6 Å². The third-order valence-corrected chi connectivity index (χ3v) is 5.21. The van der Waals surface area contributed by atoms with E-state index in [1.165, 1.54) is 0 Å². The maximum absolute atomic E-state index is 14.8. The summed E-state index contributed by atoms with van der Waals surface area (Å²) < 4.78 is 29.6. The minimum absolute atomic E-state index is 0.179. The Hall–Kier alpha value is -3.27. The lowest BCUT2D eigenvalue weighted by Gasteiger charge is -2.42. The van der Waals surface area contributed by atoms with Crippen LogP contribution in [0.25, 0.3) is 11.1 Å². The number of hydrogen-bond acceptors (Lipinski definition) is 3. The predicted molar refractivity (Wildman–Crippen MR) is 104 cm³/mol. The van der Waals surface area contributed by atoms with E-state index in [0.29, 0.717) is 6.42 Å². The fourth-order valence-corrected chi connectivity index (χ4v) is 3.61. The average molecular weight is 397 g/mol. The quantitative estimate of drug-likeness (QED) is 0.756. The molecule has 2 aromatic rings. The molecule has 1 atom stereocenters. The highest BCUT2D eigenvalue weighted by Crippen LogP contribution is 2.42. The number of alkyl halides is 2. The summed E-state index contributed by atoms with van der Waals surface area (Å²) in [5, 5.41) is 13.2. The number of carbonyl (C=O) groups is 2. The second-order valence-corrected chi connectivity index (χ2v) is 7.06. The Bertz CT molecular complexity index is 923. The number of nitrogens with zero attached hydrogens (tertiary/aromatic N) is 1. The van der Waals surface area contributed by atoms with Gasteiger partial charge in [-0.05, 0) is 36.1 Å². The normalized spacial score (nSPS) is 20.3. The van der Waals surface area contributed by atoms with Gasteiger partial charge in [-0.2, -0.15) is 5.26 Å². The molecule has 150 valence electrons. The highest BCUT2D eigenvalue weighted by molar-refractivity contribution is 6.00. The molecule has 2 N–H and O–H groups in total. The van der Waals surface area contributed by atoms with Crippen molar-refractivity contribution in [2.75, 3.05) is 6.54 Å². The molecule has 1 aliphatic rings. The van der Waals surface area contributed by atoms with Gasteiger partial charge in [-0.15, -0.1) is 0 Å². The third kappa shape index (κ3) is 4.11. The number of rotatable bonds is 5. The smallest absolute Gasteiger partial charge is 0.279 e. The Morgan fingerprint density at radius 2 is 1.59 bits per heavy atom. The van der Waals surface area contributed by atoms with Crippen LogP contribution in [0.1, 0.15) is 36.0 Å². The second kappa shape index (κ2) is 8.39. The van der Waals surface area contributed by atoms with E-state index < -0.39 is 36.2 Å². The highest BCUT2D eigenvalue weighted by atomic mass is 19.3. The molecule has 1 aliphatic carbocycles. The van der Waals surface area contributed by atoms with Gasteiger partial charge in [-0.1, -0.05) is 48.9 Å². The number of carbonyl (C=O) groups excluding carboxylic acids is 2. The van der Waals surface area contributed by atoms with Crippen molar-refractivity contribution in [1.29, 1.82) is 5.26 Å². The molecule has 0 saturated heterocycles. The van der Waals surface area contributed by atoms with E-state index in [4.69, 9.17) is 5.26 Å². The fraction of sp³-hybridized carbons (Fsp3) is 0.318. The Morgan fingerprint density at radius 3 is 2.21 bits per heavy atom. The molecule has 2 amide bonds. The van der Waals surface area contributed by atoms with Crippen LogP contribution >= 0.6 is 0 Å². The van der Waals surface area contributed by atoms with Crippen LogP contribution in [0.15, 0.2) is 54.6 Å². The molecule has 7 heteroatoms. The molecule has 0 unspecified atom stereocenters. The minimum Gasteiger partial charge on any atom is -0.341 e. The maximum Gasteiger partial charge on any atom is 0.279 e. The van der Waals surface area contributed by atoms with E-state index in [1.807, 2.05) is 30.3 Å².